The van der Waals surface area contributed by atoms with Crippen LogP contribution in [0.1, 0.15) is 25.7 Å². The fourth-order valence-corrected chi connectivity index (χ4v) is 1.85. The first-order valence-electron chi connectivity index (χ1n) is 5.43. The maximum atomic E-state index is 11.0. The second-order valence-electron chi connectivity index (χ2n) is 4.05. The molecule has 4 N–H and O–H groups in total. The van der Waals surface area contributed by atoms with Gasteiger partial charge in [0.05, 0.1) is 6.10 Å². The molecule has 0 radical (unpaired) electrons. The van der Waals surface area contributed by atoms with Crippen molar-refractivity contribution in [1.29, 1.82) is 0 Å². The van der Waals surface area contributed by atoms with Gasteiger partial charge in [-0.3, -0.25) is 10.1 Å². The first-order valence-corrected chi connectivity index (χ1v) is 5.43. The number of aliphatic hydroxyl groups is 1. The van der Waals surface area contributed by atoms with E-state index < -0.39 is 11.9 Å². The fourth-order valence-electron chi connectivity index (χ4n) is 1.85. The van der Waals surface area contributed by atoms with Gasteiger partial charge in [0.1, 0.15) is 6.61 Å². The number of imide groups is 1. The van der Waals surface area contributed by atoms with Crippen LogP contribution in [-0.2, 0) is 9.53 Å². The van der Waals surface area contributed by atoms with Gasteiger partial charge in [0.15, 0.2) is 0 Å². The molecular weight excluding hydrogens is 212 g/mol. The monoisotopic (exact) mass is 230 g/mol. The van der Waals surface area contributed by atoms with Gasteiger partial charge in [-0.15, -0.1) is 0 Å². The highest BCUT2D eigenvalue weighted by molar-refractivity contribution is 5.94. The van der Waals surface area contributed by atoms with Gasteiger partial charge in [0, 0.05) is 6.61 Å². The lowest BCUT2D eigenvalue weighted by molar-refractivity contribution is -0.127. The van der Waals surface area contributed by atoms with E-state index in [2.05, 4.69) is 0 Å². The second kappa shape index (κ2) is 6.44. The number of aliphatic hydroxyl groups excluding tert-OH is 1. The summed E-state index contributed by atoms with van der Waals surface area (Å²) in [6, 6.07) is -0.863. The van der Waals surface area contributed by atoms with Crippen LogP contribution in [0.4, 0.5) is 4.79 Å². The number of hydrogen-bond donors (Lipinski definition) is 3. The molecule has 0 aliphatic heterocycles. The predicted octanol–water partition coefficient (Wildman–Crippen LogP) is -0.251. The van der Waals surface area contributed by atoms with Crippen molar-refractivity contribution in [1.82, 2.24) is 5.32 Å². The molecule has 0 aromatic heterocycles. The van der Waals surface area contributed by atoms with E-state index >= 15 is 0 Å². The summed E-state index contributed by atoms with van der Waals surface area (Å²) in [6.07, 6.45) is 3.56. The molecule has 1 saturated carbocycles. The summed E-state index contributed by atoms with van der Waals surface area (Å²) in [7, 11) is 0. The van der Waals surface area contributed by atoms with Crippen LogP contribution in [-0.4, -0.2) is 36.4 Å². The van der Waals surface area contributed by atoms with Gasteiger partial charge < -0.3 is 15.6 Å². The van der Waals surface area contributed by atoms with Crippen molar-refractivity contribution in [2.45, 2.75) is 31.8 Å². The molecular formula is C10H18N2O4. The molecule has 1 aliphatic carbocycles. The maximum Gasteiger partial charge on any atom is 0.318 e. The van der Waals surface area contributed by atoms with Crippen molar-refractivity contribution in [3.05, 3.63) is 0 Å². The Labute approximate surface area is 94.1 Å². The quantitative estimate of drug-likeness (QED) is 0.619. The molecule has 0 atom stereocenters. The molecule has 0 aromatic carbocycles. The van der Waals surface area contributed by atoms with Crippen molar-refractivity contribution < 1.29 is 19.4 Å². The number of carbonyl (C=O) groups excluding carboxylic acids is 2. The Morgan fingerprint density at radius 3 is 2.44 bits per heavy atom. The van der Waals surface area contributed by atoms with Crippen LogP contribution in [0.15, 0.2) is 0 Å². The van der Waals surface area contributed by atoms with E-state index in [1.807, 2.05) is 5.32 Å². The first-order chi connectivity index (χ1) is 7.61. The SMILES string of the molecule is NC(=O)NC(=O)COC1CCC(CO)CC1. The van der Waals surface area contributed by atoms with Crippen molar-refractivity contribution >= 4 is 11.9 Å². The summed E-state index contributed by atoms with van der Waals surface area (Å²) in [4.78, 5) is 21.4. The normalized spacial score (nSPS) is 25.1. The van der Waals surface area contributed by atoms with E-state index in [-0.39, 0.29) is 19.3 Å². The molecule has 6 heteroatoms. The van der Waals surface area contributed by atoms with Crippen LogP contribution >= 0.6 is 0 Å². The molecule has 0 heterocycles. The van der Waals surface area contributed by atoms with Crippen molar-refractivity contribution in [3.63, 3.8) is 0 Å². The lowest BCUT2D eigenvalue weighted by Crippen LogP contribution is -2.38. The van der Waals surface area contributed by atoms with Gasteiger partial charge in [-0.05, 0) is 31.6 Å². The average Bonchev–Trinajstić information content (AvgIpc) is 2.26. The largest absolute Gasteiger partial charge is 0.396 e. The zero-order valence-corrected chi connectivity index (χ0v) is 9.15. The minimum absolute atomic E-state index is 0.0430. The molecule has 1 aliphatic rings. The summed E-state index contributed by atoms with van der Waals surface area (Å²) in [6.45, 7) is 0.0757. The Morgan fingerprint density at radius 2 is 1.94 bits per heavy atom. The van der Waals surface area contributed by atoms with Gasteiger partial charge in [-0.2, -0.15) is 0 Å². The van der Waals surface area contributed by atoms with E-state index in [9.17, 15) is 9.59 Å². The molecule has 6 nitrogen and oxygen atoms in total. The van der Waals surface area contributed by atoms with Gasteiger partial charge in [0.25, 0.3) is 5.91 Å². The Kier molecular flexibility index (Phi) is 5.21. The van der Waals surface area contributed by atoms with E-state index in [0.29, 0.717) is 5.92 Å². The molecule has 0 spiro atoms. The minimum Gasteiger partial charge on any atom is -0.396 e. The molecule has 0 saturated heterocycles. The third-order valence-corrected chi connectivity index (χ3v) is 2.76. The van der Waals surface area contributed by atoms with E-state index in [0.717, 1.165) is 25.7 Å². The topological polar surface area (TPSA) is 102 Å². The zero-order valence-electron chi connectivity index (χ0n) is 9.15. The molecule has 0 bridgehead atoms. The Bertz CT molecular complexity index is 249. The number of primary amides is 1. The maximum absolute atomic E-state index is 11.0. The van der Waals surface area contributed by atoms with Crippen LogP contribution in [0, 0.1) is 5.92 Å². The van der Waals surface area contributed by atoms with Crippen LogP contribution in [0.2, 0.25) is 0 Å². The molecule has 1 fully saturated rings. The third kappa shape index (κ3) is 4.59. The van der Waals surface area contributed by atoms with Gasteiger partial charge in [0.2, 0.25) is 0 Å². The molecule has 16 heavy (non-hydrogen) atoms. The molecule has 3 amide bonds. The fraction of sp³-hybridized carbons (Fsp3) is 0.800. The number of ether oxygens (including phenoxy) is 1. The van der Waals surface area contributed by atoms with Crippen molar-refractivity contribution in [3.8, 4) is 0 Å². The standard InChI is InChI=1S/C10H18N2O4/c11-10(15)12-9(14)6-16-8-3-1-7(5-13)2-4-8/h7-8,13H,1-6H2,(H3,11,12,14,15). The van der Waals surface area contributed by atoms with E-state index in [1.54, 1.807) is 0 Å². The number of nitrogens with two attached hydrogens (primary N) is 1. The number of carbonyl (C=O) groups is 2. The smallest absolute Gasteiger partial charge is 0.318 e. The van der Waals surface area contributed by atoms with E-state index in [1.165, 1.54) is 0 Å². The first kappa shape index (κ1) is 12.9. The Balaban J connectivity index is 2.14. The predicted molar refractivity (Wildman–Crippen MR) is 56.5 cm³/mol. The summed E-state index contributed by atoms with van der Waals surface area (Å²) in [5, 5.41) is 10.9. The third-order valence-electron chi connectivity index (χ3n) is 2.76. The molecule has 92 valence electrons. The number of nitrogens with one attached hydrogen (secondary N) is 1. The molecule has 1 rings (SSSR count). The number of hydrogen-bond acceptors (Lipinski definition) is 4. The van der Waals surface area contributed by atoms with Gasteiger partial charge in [-0.25, -0.2) is 4.79 Å². The van der Waals surface area contributed by atoms with Crippen molar-refractivity contribution in [2.24, 2.45) is 11.7 Å². The average molecular weight is 230 g/mol. The number of rotatable bonds is 4. The Hall–Kier alpha value is -1.14. The molecule has 0 unspecified atom stereocenters. The number of urea groups is 1. The van der Waals surface area contributed by atoms with Gasteiger partial charge in [-0.1, -0.05) is 0 Å². The highest BCUT2D eigenvalue weighted by atomic mass is 16.5. The number of amides is 3. The second-order valence-corrected chi connectivity index (χ2v) is 4.05. The van der Waals surface area contributed by atoms with Crippen LogP contribution in [0.3, 0.4) is 0 Å². The van der Waals surface area contributed by atoms with Crippen LogP contribution in [0.5, 0.6) is 0 Å². The van der Waals surface area contributed by atoms with Gasteiger partial charge >= 0.3 is 6.03 Å². The summed E-state index contributed by atoms with van der Waals surface area (Å²) < 4.78 is 5.34. The molecule has 0 aromatic rings. The summed E-state index contributed by atoms with van der Waals surface area (Å²) in [5.41, 5.74) is 4.78. The highest BCUT2D eigenvalue weighted by Crippen LogP contribution is 2.25. The van der Waals surface area contributed by atoms with Crippen LogP contribution < -0.4 is 11.1 Å². The lowest BCUT2D eigenvalue weighted by Gasteiger charge is -2.26. The summed E-state index contributed by atoms with van der Waals surface area (Å²) >= 11 is 0. The van der Waals surface area contributed by atoms with Crippen molar-refractivity contribution in [2.75, 3.05) is 13.2 Å². The highest BCUT2D eigenvalue weighted by Gasteiger charge is 2.21. The van der Waals surface area contributed by atoms with Crippen LogP contribution in [0.25, 0.3) is 0 Å². The lowest BCUT2D eigenvalue weighted by atomic mass is 9.88. The Morgan fingerprint density at radius 1 is 1.31 bits per heavy atom. The minimum atomic E-state index is -0.863. The van der Waals surface area contributed by atoms with E-state index in [4.69, 9.17) is 15.6 Å². The zero-order chi connectivity index (χ0) is 12.0. The summed E-state index contributed by atoms with van der Waals surface area (Å²) in [5.74, 6) is -0.156.